The molecule has 0 saturated heterocycles. The first-order chi connectivity index (χ1) is 19.0. The molecule has 2 aromatic carbocycles. The molecule has 0 bridgehead atoms. The Morgan fingerprint density at radius 2 is 1.74 bits per heavy atom. The lowest BCUT2D eigenvalue weighted by Crippen LogP contribution is -2.42. The number of nitriles is 1. The van der Waals surface area contributed by atoms with Crippen molar-refractivity contribution in [3.63, 3.8) is 0 Å². The first kappa shape index (κ1) is 27.8. The number of carbonyl (C=O) groups is 2. The van der Waals surface area contributed by atoms with Crippen molar-refractivity contribution in [1.29, 1.82) is 5.26 Å². The van der Waals surface area contributed by atoms with E-state index in [2.05, 4.69) is 6.92 Å². The summed E-state index contributed by atoms with van der Waals surface area (Å²) in [4.78, 5) is 27.7. The summed E-state index contributed by atoms with van der Waals surface area (Å²) < 4.78 is 22.6. The summed E-state index contributed by atoms with van der Waals surface area (Å²) in [6.45, 7) is 6.90. The van der Waals surface area contributed by atoms with Crippen LogP contribution in [0.25, 0.3) is 6.08 Å². The zero-order valence-corrected chi connectivity index (χ0v) is 22.7. The van der Waals surface area contributed by atoms with E-state index in [9.17, 15) is 14.9 Å². The average molecular weight is 531 g/mol. The Kier molecular flexibility index (Phi) is 9.27. The van der Waals surface area contributed by atoms with Crippen LogP contribution in [0.5, 0.6) is 23.0 Å². The van der Waals surface area contributed by atoms with Gasteiger partial charge in [-0.05, 0) is 67.3 Å². The number of benzene rings is 2. The molecule has 2 aliphatic heterocycles. The fourth-order valence-corrected chi connectivity index (χ4v) is 4.55. The molecule has 4 rings (SSSR count). The van der Waals surface area contributed by atoms with Crippen molar-refractivity contribution in [3.8, 4) is 29.1 Å². The van der Waals surface area contributed by atoms with Gasteiger partial charge >= 0.3 is 0 Å². The molecule has 2 aliphatic rings. The van der Waals surface area contributed by atoms with Gasteiger partial charge in [-0.1, -0.05) is 44.7 Å². The van der Waals surface area contributed by atoms with Crippen LogP contribution in [0.2, 0.25) is 0 Å². The second kappa shape index (κ2) is 13.0. The number of ether oxygens (including phenoxy) is 4. The van der Waals surface area contributed by atoms with Crippen LogP contribution in [0.15, 0.2) is 53.1 Å². The minimum atomic E-state index is -0.618. The van der Waals surface area contributed by atoms with Crippen molar-refractivity contribution in [2.24, 2.45) is 0 Å². The highest BCUT2D eigenvalue weighted by molar-refractivity contribution is 6.19. The summed E-state index contributed by atoms with van der Waals surface area (Å²) in [6.07, 6.45) is 7.41. The van der Waals surface area contributed by atoms with Gasteiger partial charge in [0.05, 0.1) is 19.8 Å². The second-order valence-corrected chi connectivity index (χ2v) is 9.46. The Morgan fingerprint density at radius 3 is 2.51 bits per heavy atom. The number of fused-ring (bicyclic) bond motifs is 1. The summed E-state index contributed by atoms with van der Waals surface area (Å²) in [7, 11) is 0. The van der Waals surface area contributed by atoms with Crippen molar-refractivity contribution in [1.82, 2.24) is 4.90 Å². The third-order valence-corrected chi connectivity index (χ3v) is 6.69. The molecule has 2 aromatic rings. The average Bonchev–Trinajstić information content (AvgIpc) is 3.40. The fraction of sp³-hybridized carbons (Fsp3) is 0.387. The molecule has 8 nitrogen and oxygen atoms in total. The number of rotatable bonds is 12. The quantitative estimate of drug-likeness (QED) is 0.190. The lowest BCUT2D eigenvalue weighted by atomic mass is 9.93. The zero-order valence-electron chi connectivity index (χ0n) is 22.7. The van der Waals surface area contributed by atoms with E-state index in [-0.39, 0.29) is 24.5 Å². The Balaban J connectivity index is 1.58. The Hall–Kier alpha value is -4.25. The zero-order chi connectivity index (χ0) is 27.8. The van der Waals surface area contributed by atoms with Crippen LogP contribution in [-0.2, 0) is 16.1 Å². The molecule has 0 radical (unpaired) electrons. The van der Waals surface area contributed by atoms with Crippen molar-refractivity contribution < 1.29 is 28.5 Å². The molecule has 2 heterocycles. The molecule has 0 atom stereocenters. The largest absolute Gasteiger partial charge is 0.490 e. The van der Waals surface area contributed by atoms with E-state index in [1.807, 2.05) is 31.2 Å². The van der Waals surface area contributed by atoms with Crippen LogP contribution >= 0.6 is 0 Å². The van der Waals surface area contributed by atoms with E-state index in [1.165, 1.54) is 19.3 Å². The highest BCUT2D eigenvalue weighted by Crippen LogP contribution is 2.35. The molecule has 204 valence electrons. The van der Waals surface area contributed by atoms with E-state index in [4.69, 9.17) is 18.9 Å². The summed E-state index contributed by atoms with van der Waals surface area (Å²) in [5.74, 6) is 1.30. The molecule has 0 fully saturated rings. The van der Waals surface area contributed by atoms with Gasteiger partial charge in [0, 0.05) is 5.57 Å². The standard InChI is InChI=1S/C31H34N2O6/c1-4-6-7-8-9-14-37-26-12-10-22(16-28(26)36-5-2)15-24-21(3)25(18-32)31(35)33(30(24)34)19-23-11-13-27-29(17-23)39-20-38-27/h10-13,15-17H,4-9,14,19-20H2,1-3H3/b24-15+. The summed E-state index contributed by atoms with van der Waals surface area (Å²) >= 11 is 0. The molecule has 0 saturated carbocycles. The number of amides is 2. The Morgan fingerprint density at radius 1 is 0.949 bits per heavy atom. The monoisotopic (exact) mass is 530 g/mol. The predicted octanol–water partition coefficient (Wildman–Crippen LogP) is 5.96. The smallest absolute Gasteiger partial charge is 0.271 e. The van der Waals surface area contributed by atoms with E-state index in [0.717, 1.165) is 17.7 Å². The maximum absolute atomic E-state index is 13.6. The molecule has 0 aliphatic carbocycles. The van der Waals surface area contributed by atoms with Crippen molar-refractivity contribution in [2.45, 2.75) is 59.4 Å². The number of hydrogen-bond donors (Lipinski definition) is 0. The van der Waals surface area contributed by atoms with Crippen LogP contribution in [-0.4, -0.2) is 36.7 Å². The molecule has 0 N–H and O–H groups in total. The van der Waals surface area contributed by atoms with Gasteiger partial charge in [0.1, 0.15) is 11.6 Å². The van der Waals surface area contributed by atoms with Crippen LogP contribution in [0, 0.1) is 11.3 Å². The molecule has 39 heavy (non-hydrogen) atoms. The van der Waals surface area contributed by atoms with Gasteiger partial charge in [0.2, 0.25) is 6.79 Å². The highest BCUT2D eigenvalue weighted by atomic mass is 16.7. The highest BCUT2D eigenvalue weighted by Gasteiger charge is 2.35. The maximum Gasteiger partial charge on any atom is 0.271 e. The molecular formula is C31H34N2O6. The van der Waals surface area contributed by atoms with Crippen LogP contribution in [0.4, 0.5) is 0 Å². The summed E-state index contributed by atoms with van der Waals surface area (Å²) in [5, 5.41) is 9.75. The van der Waals surface area contributed by atoms with Crippen LogP contribution < -0.4 is 18.9 Å². The summed E-state index contributed by atoms with van der Waals surface area (Å²) in [6, 6.07) is 12.7. The Bertz CT molecular complexity index is 1340. The van der Waals surface area contributed by atoms with Crippen LogP contribution in [0.3, 0.4) is 0 Å². The molecule has 0 unspecified atom stereocenters. The topological polar surface area (TPSA) is 98.1 Å². The number of imide groups is 1. The lowest BCUT2D eigenvalue weighted by Gasteiger charge is -2.27. The van der Waals surface area contributed by atoms with Gasteiger partial charge in [0.15, 0.2) is 23.0 Å². The third kappa shape index (κ3) is 6.43. The van der Waals surface area contributed by atoms with Crippen molar-refractivity contribution >= 4 is 17.9 Å². The molecule has 2 amide bonds. The number of nitrogens with zero attached hydrogens (tertiary/aromatic N) is 2. The van der Waals surface area contributed by atoms with Gasteiger partial charge in [-0.15, -0.1) is 0 Å². The number of hydrogen-bond acceptors (Lipinski definition) is 7. The van der Waals surface area contributed by atoms with Gasteiger partial charge in [-0.25, -0.2) is 0 Å². The van der Waals surface area contributed by atoms with Gasteiger partial charge in [-0.3, -0.25) is 14.5 Å². The first-order valence-electron chi connectivity index (χ1n) is 13.4. The second-order valence-electron chi connectivity index (χ2n) is 9.46. The van der Waals surface area contributed by atoms with Crippen molar-refractivity contribution in [2.75, 3.05) is 20.0 Å². The minimum Gasteiger partial charge on any atom is -0.490 e. The van der Waals surface area contributed by atoms with Gasteiger partial charge in [0.25, 0.3) is 11.8 Å². The lowest BCUT2D eigenvalue weighted by molar-refractivity contribution is -0.141. The van der Waals surface area contributed by atoms with Crippen LogP contribution in [0.1, 0.15) is 64.0 Å². The van der Waals surface area contributed by atoms with E-state index in [1.54, 1.807) is 31.2 Å². The third-order valence-electron chi connectivity index (χ3n) is 6.69. The minimum absolute atomic E-state index is 0.000658. The van der Waals surface area contributed by atoms with E-state index >= 15 is 0 Å². The first-order valence-corrected chi connectivity index (χ1v) is 13.4. The Labute approximate surface area is 229 Å². The van der Waals surface area contributed by atoms with Gasteiger partial charge < -0.3 is 18.9 Å². The summed E-state index contributed by atoms with van der Waals surface area (Å²) in [5.41, 5.74) is 1.95. The fourth-order valence-electron chi connectivity index (χ4n) is 4.55. The molecular weight excluding hydrogens is 496 g/mol. The van der Waals surface area contributed by atoms with E-state index < -0.39 is 11.8 Å². The molecule has 0 aromatic heterocycles. The maximum atomic E-state index is 13.6. The van der Waals surface area contributed by atoms with Crippen molar-refractivity contribution in [3.05, 3.63) is 64.2 Å². The normalized spacial score (nSPS) is 15.6. The van der Waals surface area contributed by atoms with E-state index in [0.29, 0.717) is 52.9 Å². The SMILES string of the molecule is CCCCCCCOc1ccc(/C=C2/C(=O)N(Cc3ccc4c(c3)OCO4)C(=O)C(C#N)=C2C)cc1OCC. The number of carbonyl (C=O) groups excluding carboxylic acids is 2. The van der Waals surface area contributed by atoms with Gasteiger partial charge in [-0.2, -0.15) is 5.26 Å². The number of unbranched alkanes of at least 4 members (excludes halogenated alkanes) is 4. The molecule has 8 heteroatoms. The predicted molar refractivity (Wildman–Crippen MR) is 146 cm³/mol. The molecule has 0 spiro atoms.